The molecule has 0 N–H and O–H groups in total. The molecule has 0 radical (unpaired) electrons. The van der Waals surface area contributed by atoms with Crippen LogP contribution in [-0.2, 0) is 11.0 Å². The molecule has 0 aliphatic carbocycles. The van der Waals surface area contributed by atoms with Crippen molar-refractivity contribution in [3.63, 3.8) is 0 Å². The molecule has 6 heteroatoms. The molecule has 138 valence electrons. The molecular formula is C20H24ClFN2OSi. The van der Waals surface area contributed by atoms with E-state index < -0.39 is 8.32 Å². The molecule has 3 aromatic rings. The molecule has 0 bridgehead atoms. The first-order valence-corrected chi connectivity index (χ1v) is 11.9. The molecule has 3 nitrogen and oxygen atoms in total. The van der Waals surface area contributed by atoms with E-state index in [4.69, 9.17) is 16.0 Å². The van der Waals surface area contributed by atoms with Gasteiger partial charge in [0.05, 0.1) is 6.61 Å². The average molecular weight is 391 g/mol. The standard InChI is InChI=1S/C20H24ClFN2OSi/c1-20(2,3)26(4,5)25-13-16-15(7-6-8-17(16)22)14-9-10-19-23-18(21)12-24(19)11-14/h6-12H,13H2,1-5H3. The summed E-state index contributed by atoms with van der Waals surface area (Å²) in [5.41, 5.74) is 3.08. The third-order valence-corrected chi connectivity index (χ3v) is 9.90. The predicted octanol–water partition coefficient (Wildman–Crippen LogP) is 6.32. The van der Waals surface area contributed by atoms with Crippen LogP contribution < -0.4 is 0 Å². The Balaban J connectivity index is 1.99. The van der Waals surface area contributed by atoms with Gasteiger partial charge in [-0.15, -0.1) is 0 Å². The number of hydrogen-bond donors (Lipinski definition) is 0. The van der Waals surface area contributed by atoms with E-state index in [1.54, 1.807) is 12.3 Å². The van der Waals surface area contributed by atoms with Crippen molar-refractivity contribution in [2.45, 2.75) is 45.5 Å². The van der Waals surface area contributed by atoms with Crippen molar-refractivity contribution >= 4 is 25.6 Å². The second-order valence-electron chi connectivity index (χ2n) is 8.06. The number of halogens is 2. The Bertz CT molecular complexity index is 947. The first kappa shape index (κ1) is 19.1. The first-order chi connectivity index (χ1) is 12.1. The fourth-order valence-electron chi connectivity index (χ4n) is 2.57. The van der Waals surface area contributed by atoms with Gasteiger partial charge in [-0.25, -0.2) is 9.37 Å². The quantitative estimate of drug-likeness (QED) is 0.487. The molecule has 3 rings (SSSR count). The van der Waals surface area contributed by atoms with Crippen molar-refractivity contribution in [1.82, 2.24) is 9.38 Å². The summed E-state index contributed by atoms with van der Waals surface area (Å²) >= 11 is 5.97. The van der Waals surface area contributed by atoms with Crippen molar-refractivity contribution in [1.29, 1.82) is 0 Å². The molecule has 0 aliphatic heterocycles. The van der Waals surface area contributed by atoms with Gasteiger partial charge in [0.25, 0.3) is 0 Å². The lowest BCUT2D eigenvalue weighted by molar-refractivity contribution is 0.271. The van der Waals surface area contributed by atoms with Crippen molar-refractivity contribution in [3.8, 4) is 11.1 Å². The molecule has 0 saturated carbocycles. The minimum atomic E-state index is -1.97. The molecule has 26 heavy (non-hydrogen) atoms. The maximum atomic E-state index is 14.6. The van der Waals surface area contributed by atoms with Crippen LogP contribution in [0.15, 0.2) is 42.7 Å². The van der Waals surface area contributed by atoms with E-state index in [9.17, 15) is 4.39 Å². The molecule has 0 unspecified atom stereocenters. The van der Waals surface area contributed by atoms with E-state index in [0.29, 0.717) is 10.7 Å². The Morgan fingerprint density at radius 3 is 2.58 bits per heavy atom. The van der Waals surface area contributed by atoms with Gasteiger partial charge in [0.1, 0.15) is 16.6 Å². The van der Waals surface area contributed by atoms with E-state index >= 15 is 0 Å². The molecule has 0 fully saturated rings. The van der Waals surface area contributed by atoms with Crippen molar-refractivity contribution in [2.24, 2.45) is 0 Å². The van der Waals surface area contributed by atoms with Crippen LogP contribution in [0.1, 0.15) is 26.3 Å². The lowest BCUT2D eigenvalue weighted by atomic mass is 10.0. The second-order valence-corrected chi connectivity index (χ2v) is 13.3. The van der Waals surface area contributed by atoms with Gasteiger partial charge < -0.3 is 8.83 Å². The van der Waals surface area contributed by atoms with Crippen LogP contribution in [0.4, 0.5) is 4.39 Å². The third kappa shape index (κ3) is 3.70. The minimum Gasteiger partial charge on any atom is -0.412 e. The number of pyridine rings is 1. The third-order valence-electron chi connectivity index (χ3n) is 5.24. The number of benzene rings is 1. The van der Waals surface area contributed by atoms with Gasteiger partial charge in [-0.3, -0.25) is 0 Å². The van der Waals surface area contributed by atoms with Crippen LogP contribution in [0.2, 0.25) is 23.3 Å². The van der Waals surface area contributed by atoms with E-state index in [2.05, 4.69) is 38.8 Å². The Kier molecular flexibility index (Phi) is 4.99. The lowest BCUT2D eigenvalue weighted by Gasteiger charge is -2.36. The maximum Gasteiger partial charge on any atom is 0.192 e. The highest BCUT2D eigenvalue weighted by molar-refractivity contribution is 6.74. The maximum absolute atomic E-state index is 14.6. The Morgan fingerprint density at radius 1 is 1.15 bits per heavy atom. The Labute approximate surface area is 159 Å². The zero-order valence-electron chi connectivity index (χ0n) is 15.8. The van der Waals surface area contributed by atoms with Crippen LogP contribution in [0.25, 0.3) is 16.8 Å². The summed E-state index contributed by atoms with van der Waals surface area (Å²) in [7, 11) is -1.97. The topological polar surface area (TPSA) is 26.5 Å². The molecule has 2 aromatic heterocycles. The number of rotatable bonds is 4. The highest BCUT2D eigenvalue weighted by atomic mass is 35.5. The van der Waals surface area contributed by atoms with E-state index in [-0.39, 0.29) is 17.5 Å². The summed E-state index contributed by atoms with van der Waals surface area (Å²) in [6, 6.07) is 8.95. The monoisotopic (exact) mass is 390 g/mol. The highest BCUT2D eigenvalue weighted by Crippen LogP contribution is 2.38. The number of imidazole rings is 1. The van der Waals surface area contributed by atoms with E-state index in [1.807, 2.05) is 28.8 Å². The van der Waals surface area contributed by atoms with Crippen LogP contribution in [0.5, 0.6) is 0 Å². The molecule has 0 amide bonds. The van der Waals surface area contributed by atoms with Crippen molar-refractivity contribution in [2.75, 3.05) is 0 Å². The van der Waals surface area contributed by atoms with Crippen LogP contribution in [0, 0.1) is 5.82 Å². The molecule has 1 aromatic carbocycles. The summed E-state index contributed by atoms with van der Waals surface area (Å²) < 4.78 is 22.7. The van der Waals surface area contributed by atoms with Gasteiger partial charge in [-0.05, 0) is 47.5 Å². The fourth-order valence-corrected chi connectivity index (χ4v) is 3.70. The molecule has 0 spiro atoms. The summed E-state index contributed by atoms with van der Waals surface area (Å²) in [5, 5.41) is 0.508. The Morgan fingerprint density at radius 2 is 1.88 bits per heavy atom. The number of fused-ring (bicyclic) bond motifs is 1. The Hall–Kier alpha value is -1.69. The molecule has 2 heterocycles. The van der Waals surface area contributed by atoms with Gasteiger partial charge in [-0.2, -0.15) is 0 Å². The van der Waals surface area contributed by atoms with Crippen molar-refractivity contribution in [3.05, 3.63) is 59.3 Å². The molecule has 0 atom stereocenters. The number of nitrogens with zero attached hydrogens (tertiary/aromatic N) is 2. The zero-order chi connectivity index (χ0) is 19.1. The summed E-state index contributed by atoms with van der Waals surface area (Å²) in [4.78, 5) is 4.22. The minimum absolute atomic E-state index is 0.0743. The van der Waals surface area contributed by atoms with Crippen molar-refractivity contribution < 1.29 is 8.82 Å². The van der Waals surface area contributed by atoms with Gasteiger partial charge in [-0.1, -0.05) is 44.5 Å². The second kappa shape index (κ2) is 6.80. The van der Waals surface area contributed by atoms with Crippen LogP contribution in [-0.4, -0.2) is 17.7 Å². The van der Waals surface area contributed by atoms with Gasteiger partial charge >= 0.3 is 0 Å². The number of hydrogen-bond acceptors (Lipinski definition) is 2. The van der Waals surface area contributed by atoms with Crippen LogP contribution >= 0.6 is 11.6 Å². The smallest absolute Gasteiger partial charge is 0.192 e. The predicted molar refractivity (Wildman–Crippen MR) is 108 cm³/mol. The summed E-state index contributed by atoms with van der Waals surface area (Å²) in [6.07, 6.45) is 3.66. The molecular weight excluding hydrogens is 367 g/mol. The van der Waals surface area contributed by atoms with Gasteiger partial charge in [0.2, 0.25) is 0 Å². The normalized spacial score (nSPS) is 12.7. The molecule has 0 aliphatic rings. The first-order valence-electron chi connectivity index (χ1n) is 8.64. The fraction of sp³-hybridized carbons (Fsp3) is 0.350. The van der Waals surface area contributed by atoms with Gasteiger partial charge in [0, 0.05) is 18.0 Å². The lowest BCUT2D eigenvalue weighted by Crippen LogP contribution is -2.40. The molecule has 0 saturated heterocycles. The SMILES string of the molecule is CC(C)(C)[Si](C)(C)OCc1c(F)cccc1-c1ccc2nc(Cl)cn2c1. The average Bonchev–Trinajstić information content (AvgIpc) is 2.91. The zero-order valence-corrected chi connectivity index (χ0v) is 17.6. The van der Waals surface area contributed by atoms with E-state index in [1.165, 1.54) is 6.07 Å². The highest BCUT2D eigenvalue weighted by Gasteiger charge is 2.37. The summed E-state index contributed by atoms with van der Waals surface area (Å²) in [5.74, 6) is -0.245. The summed E-state index contributed by atoms with van der Waals surface area (Å²) in [6.45, 7) is 11.1. The van der Waals surface area contributed by atoms with Crippen LogP contribution in [0.3, 0.4) is 0 Å². The van der Waals surface area contributed by atoms with E-state index in [0.717, 1.165) is 16.8 Å². The number of aromatic nitrogens is 2. The van der Waals surface area contributed by atoms with Gasteiger partial charge in [0.15, 0.2) is 8.32 Å². The largest absolute Gasteiger partial charge is 0.412 e.